The van der Waals surface area contributed by atoms with Crippen LogP contribution in [-0.4, -0.2) is 64.1 Å². The number of ketones is 1. The number of rotatable bonds is 9. The van der Waals surface area contributed by atoms with Gasteiger partial charge in [-0.1, -0.05) is 36.4 Å². The highest BCUT2D eigenvalue weighted by molar-refractivity contribution is 9.10. The molecular weight excluding hydrogens is 828 g/mol. The van der Waals surface area contributed by atoms with Crippen molar-refractivity contribution in [2.24, 2.45) is 0 Å². The number of nitrogens with zero attached hydrogens (tertiary/aromatic N) is 6. The zero-order chi connectivity index (χ0) is 39.2. The molecule has 7 rings (SSSR count). The Bertz CT molecular complexity index is 2660. The van der Waals surface area contributed by atoms with E-state index in [4.69, 9.17) is 4.84 Å². The van der Waals surface area contributed by atoms with Gasteiger partial charge in [0.15, 0.2) is 5.78 Å². The topological polar surface area (TPSA) is 120 Å². The summed E-state index contributed by atoms with van der Waals surface area (Å²) in [4.78, 5) is 67.3. The Hall–Kier alpha value is -5.76. The molecule has 11 nitrogen and oxygen atoms in total. The number of amides is 1. The summed E-state index contributed by atoms with van der Waals surface area (Å²) in [6, 6.07) is 33.1. The molecule has 55 heavy (non-hydrogen) atoms. The molecule has 13 heteroatoms. The average Bonchev–Trinajstić information content (AvgIpc) is 3.19. The number of benzene rings is 3. The molecule has 0 aliphatic heterocycles. The summed E-state index contributed by atoms with van der Waals surface area (Å²) >= 11 is 6.75. The second-order valence-corrected chi connectivity index (χ2v) is 14.3. The van der Waals surface area contributed by atoms with Gasteiger partial charge in [0.2, 0.25) is 10.9 Å². The van der Waals surface area contributed by atoms with Crippen molar-refractivity contribution in [1.29, 1.82) is 0 Å². The molecule has 0 unspecified atom stereocenters. The van der Waals surface area contributed by atoms with Gasteiger partial charge in [-0.25, -0.2) is 15.0 Å². The number of halogens is 2. The maximum Gasteiger partial charge on any atom is 0.282 e. The Morgan fingerprint density at radius 3 is 1.58 bits per heavy atom. The van der Waals surface area contributed by atoms with Crippen LogP contribution in [0.5, 0.6) is 0 Å². The molecule has 278 valence electrons. The Morgan fingerprint density at radius 1 is 0.636 bits per heavy atom. The van der Waals surface area contributed by atoms with Crippen LogP contribution in [0.1, 0.15) is 37.7 Å². The fourth-order valence-corrected chi connectivity index (χ4v) is 6.77. The summed E-state index contributed by atoms with van der Waals surface area (Å²) in [5.74, 6) is -0.777. The van der Waals surface area contributed by atoms with Gasteiger partial charge in [-0.05, 0) is 105 Å². The first-order valence-electron chi connectivity index (χ1n) is 17.1. The lowest BCUT2D eigenvalue weighted by molar-refractivity contribution is -0.0758. The molecule has 0 aliphatic carbocycles. The van der Waals surface area contributed by atoms with Crippen LogP contribution in [-0.2, 0) is 17.9 Å². The van der Waals surface area contributed by atoms with Crippen molar-refractivity contribution < 1.29 is 14.4 Å². The molecule has 0 saturated heterocycles. The van der Waals surface area contributed by atoms with Crippen molar-refractivity contribution in [2.45, 2.75) is 13.1 Å². The molecule has 0 saturated carbocycles. The molecule has 4 aromatic heterocycles. The first-order chi connectivity index (χ1) is 26.4. The number of carbonyl (C=O) groups excluding carboxylic acids is 2. The van der Waals surface area contributed by atoms with Crippen molar-refractivity contribution in [3.63, 3.8) is 0 Å². The van der Waals surface area contributed by atoms with E-state index in [1.54, 1.807) is 42.7 Å². The summed E-state index contributed by atoms with van der Waals surface area (Å²) in [6.07, 6.45) is 3.21. The van der Waals surface area contributed by atoms with Gasteiger partial charge in [-0.15, -0.1) is 0 Å². The Labute approximate surface area is 333 Å². The van der Waals surface area contributed by atoms with Gasteiger partial charge in [-0.3, -0.25) is 24.0 Å². The van der Waals surface area contributed by atoms with Gasteiger partial charge in [0, 0.05) is 55.6 Å². The van der Waals surface area contributed by atoms with Gasteiger partial charge in [0.1, 0.15) is 14.8 Å². The minimum absolute atomic E-state index is 0.0537. The average molecular weight is 865 g/mol. The lowest BCUT2D eigenvalue weighted by Crippen LogP contribution is -2.31. The number of anilines is 1. The number of hydrogen-bond acceptors (Lipinski definition) is 8. The summed E-state index contributed by atoms with van der Waals surface area (Å²) in [6.45, 7) is 0.872. The Kier molecular flexibility index (Phi) is 12.1. The van der Waals surface area contributed by atoms with Crippen LogP contribution in [0.3, 0.4) is 0 Å². The number of pyridine rings is 4. The highest BCUT2D eigenvalue weighted by Gasteiger charge is 2.20. The molecule has 0 aliphatic rings. The van der Waals surface area contributed by atoms with Gasteiger partial charge in [0.25, 0.3) is 5.91 Å². The van der Waals surface area contributed by atoms with Gasteiger partial charge in [0.05, 0.1) is 48.2 Å². The highest BCUT2D eigenvalue weighted by atomic mass is 79.9. The quantitative estimate of drug-likeness (QED) is 0.0841. The van der Waals surface area contributed by atoms with E-state index in [1.165, 1.54) is 14.2 Å². The summed E-state index contributed by atoms with van der Waals surface area (Å²) in [7, 11) is 6.73. The van der Waals surface area contributed by atoms with Crippen molar-refractivity contribution in [2.75, 3.05) is 33.2 Å². The molecule has 7 aromatic rings. The van der Waals surface area contributed by atoms with Crippen molar-refractivity contribution in [3.8, 4) is 0 Å². The van der Waals surface area contributed by atoms with Crippen LogP contribution in [0.25, 0.3) is 21.8 Å². The van der Waals surface area contributed by atoms with Gasteiger partial charge < -0.3 is 14.0 Å². The van der Waals surface area contributed by atoms with E-state index in [1.807, 2.05) is 107 Å². The third-order valence-corrected chi connectivity index (χ3v) is 9.75. The first kappa shape index (κ1) is 38.9. The molecule has 0 radical (unpaired) electrons. The van der Waals surface area contributed by atoms with Crippen LogP contribution in [0.15, 0.2) is 140 Å². The molecule has 3 aromatic carbocycles. The lowest BCUT2D eigenvalue weighted by atomic mass is 10.0. The second kappa shape index (κ2) is 17.1. The van der Waals surface area contributed by atoms with E-state index in [2.05, 4.69) is 41.8 Å². The van der Waals surface area contributed by atoms with Crippen molar-refractivity contribution >= 4 is 71.0 Å². The van der Waals surface area contributed by atoms with Crippen LogP contribution in [0, 0.1) is 0 Å². The highest BCUT2D eigenvalue weighted by Crippen LogP contribution is 2.19. The largest absolute Gasteiger partial charge is 0.378 e. The third-order valence-electron chi connectivity index (χ3n) is 8.87. The minimum atomic E-state index is -0.491. The van der Waals surface area contributed by atoms with Crippen molar-refractivity contribution in [1.82, 2.24) is 24.2 Å². The second-order valence-electron chi connectivity index (χ2n) is 12.7. The number of para-hydroxylation sites is 2. The number of hydrogen-bond donors (Lipinski definition) is 0. The normalized spacial score (nSPS) is 10.9. The molecule has 0 atom stereocenters. The van der Waals surface area contributed by atoms with Crippen LogP contribution < -0.4 is 15.8 Å². The smallest absolute Gasteiger partial charge is 0.282 e. The third kappa shape index (κ3) is 8.80. The number of carbonyl (C=O) groups is 2. The zero-order valence-electron chi connectivity index (χ0n) is 30.4. The predicted octanol–water partition coefficient (Wildman–Crippen LogP) is 7.35. The van der Waals surface area contributed by atoms with E-state index >= 15 is 0 Å². The molecule has 4 heterocycles. The lowest BCUT2D eigenvalue weighted by Gasteiger charge is -2.16. The number of hydroxylamine groups is 2. The molecule has 0 spiro atoms. The van der Waals surface area contributed by atoms with E-state index in [0.717, 1.165) is 42.4 Å². The fraction of sp³-hybridized carbons (Fsp3) is 0.143. The van der Waals surface area contributed by atoms with Gasteiger partial charge >= 0.3 is 0 Å². The maximum atomic E-state index is 13.2. The van der Waals surface area contributed by atoms with E-state index in [-0.39, 0.29) is 27.8 Å². The molecule has 1 amide bonds. The van der Waals surface area contributed by atoms with E-state index in [0.29, 0.717) is 29.4 Å². The zero-order valence-corrected chi connectivity index (χ0v) is 33.6. The molecule has 0 N–H and O–H groups in total. The van der Waals surface area contributed by atoms with Crippen molar-refractivity contribution in [3.05, 3.63) is 179 Å². The minimum Gasteiger partial charge on any atom is -0.378 e. The fourth-order valence-electron chi connectivity index (χ4n) is 6.01. The van der Waals surface area contributed by atoms with Crippen LogP contribution in [0.2, 0.25) is 0 Å². The van der Waals surface area contributed by atoms with E-state index < -0.39 is 5.91 Å². The summed E-state index contributed by atoms with van der Waals surface area (Å²) in [5.41, 5.74) is 4.25. The summed E-state index contributed by atoms with van der Waals surface area (Å²) in [5, 5.41) is 2.03. The SMILES string of the molecule is CN(C)c1ccc(C(=O)c2cn(Cc3cccc(Br)n3)c3ccccc3c2=O)cc1.CON(C)C(=O)c1cn(Cc2cccc(Br)n2)c2ccccc2c1=O. The Balaban J connectivity index is 0.000000190. The predicted molar refractivity (Wildman–Crippen MR) is 222 cm³/mol. The Morgan fingerprint density at radius 2 is 1.11 bits per heavy atom. The van der Waals surface area contributed by atoms with E-state index in [9.17, 15) is 19.2 Å². The number of aromatic nitrogens is 4. The molecular formula is C42H36Br2N6O5. The maximum absolute atomic E-state index is 13.2. The van der Waals surface area contributed by atoms with Crippen LogP contribution in [0.4, 0.5) is 5.69 Å². The van der Waals surface area contributed by atoms with Crippen LogP contribution >= 0.6 is 31.9 Å². The summed E-state index contributed by atoms with van der Waals surface area (Å²) < 4.78 is 5.23. The number of fused-ring (bicyclic) bond motifs is 2. The molecule has 0 fully saturated rings. The molecule has 0 bridgehead atoms. The van der Waals surface area contributed by atoms with Gasteiger partial charge in [-0.2, -0.15) is 0 Å². The standard InChI is InChI=1S/C24H20BrN3O2.C18H16BrN3O3/c1-27(2)18-12-10-16(11-13-18)23(29)20-15-28(14-17-6-5-9-22(25)26-17)21-8-4-3-7-19(21)24(20)30;1-21(25-2)18(24)14-11-22(10-12-6-5-9-16(19)20-12)15-8-4-3-7-13(15)17(14)23/h3-13,15H,14H2,1-2H3;3-9,11H,10H2,1-2H3. The monoisotopic (exact) mass is 862 g/mol. The first-order valence-corrected chi connectivity index (χ1v) is 18.6.